The van der Waals surface area contributed by atoms with Crippen molar-refractivity contribution in [1.82, 2.24) is 10.3 Å². The standard InChI is InChI=1S/C16H18N2OS/c1-10(12-8-9-12)17-16(19)15-14(18-11(2)20-15)13-6-4-3-5-7-13/h3-7,10,12H,8-9H2,1-2H3,(H,17,19)/t10-/m0/s1. The van der Waals surface area contributed by atoms with Gasteiger partial charge in [-0.05, 0) is 32.6 Å². The highest BCUT2D eigenvalue weighted by molar-refractivity contribution is 7.14. The molecule has 1 N–H and O–H groups in total. The Bertz CT molecular complexity index is 617. The van der Waals surface area contributed by atoms with E-state index in [1.54, 1.807) is 0 Å². The Morgan fingerprint density at radius 2 is 2.05 bits per heavy atom. The molecule has 3 rings (SSSR count). The fourth-order valence-corrected chi connectivity index (χ4v) is 3.20. The molecule has 1 aromatic heterocycles. The SMILES string of the molecule is Cc1nc(-c2ccccc2)c(C(=O)N[C@@H](C)C2CC2)s1. The molecule has 0 aliphatic heterocycles. The number of amides is 1. The lowest BCUT2D eigenvalue weighted by Gasteiger charge is -2.12. The van der Waals surface area contributed by atoms with E-state index < -0.39 is 0 Å². The maximum atomic E-state index is 12.5. The Morgan fingerprint density at radius 1 is 1.35 bits per heavy atom. The average molecular weight is 286 g/mol. The first kappa shape index (κ1) is 13.3. The molecule has 1 aliphatic carbocycles. The first-order chi connectivity index (χ1) is 9.65. The van der Waals surface area contributed by atoms with Crippen LogP contribution in [0.5, 0.6) is 0 Å². The zero-order valence-corrected chi connectivity index (χ0v) is 12.5. The Morgan fingerprint density at radius 3 is 2.70 bits per heavy atom. The first-order valence-corrected chi connectivity index (χ1v) is 7.80. The summed E-state index contributed by atoms with van der Waals surface area (Å²) in [6, 6.07) is 10.2. The van der Waals surface area contributed by atoms with Crippen molar-refractivity contribution >= 4 is 17.2 Å². The van der Waals surface area contributed by atoms with Crippen molar-refractivity contribution in [2.24, 2.45) is 5.92 Å². The summed E-state index contributed by atoms with van der Waals surface area (Å²) >= 11 is 1.47. The minimum absolute atomic E-state index is 0.00820. The van der Waals surface area contributed by atoms with E-state index in [1.807, 2.05) is 37.3 Å². The van der Waals surface area contributed by atoms with Gasteiger partial charge in [-0.2, -0.15) is 0 Å². The van der Waals surface area contributed by atoms with Crippen LogP contribution in [0.1, 0.15) is 34.4 Å². The molecule has 1 heterocycles. The molecule has 1 saturated carbocycles. The average Bonchev–Trinajstić information content (AvgIpc) is 3.22. The molecule has 20 heavy (non-hydrogen) atoms. The summed E-state index contributed by atoms with van der Waals surface area (Å²) in [5.41, 5.74) is 1.80. The second kappa shape index (κ2) is 5.37. The van der Waals surface area contributed by atoms with Crippen LogP contribution in [0.2, 0.25) is 0 Å². The van der Waals surface area contributed by atoms with Gasteiger partial charge in [0.2, 0.25) is 0 Å². The number of hydrogen-bond acceptors (Lipinski definition) is 3. The second-order valence-electron chi connectivity index (χ2n) is 5.38. The molecule has 0 saturated heterocycles. The third-order valence-electron chi connectivity index (χ3n) is 3.68. The van der Waals surface area contributed by atoms with E-state index in [0.717, 1.165) is 21.1 Å². The summed E-state index contributed by atoms with van der Waals surface area (Å²) < 4.78 is 0. The fraction of sp³-hybridized carbons (Fsp3) is 0.375. The molecule has 0 radical (unpaired) electrons. The van der Waals surface area contributed by atoms with Crippen LogP contribution in [-0.4, -0.2) is 16.9 Å². The summed E-state index contributed by atoms with van der Waals surface area (Å²) in [5, 5.41) is 4.04. The lowest BCUT2D eigenvalue weighted by atomic mass is 10.1. The normalized spacial score (nSPS) is 15.9. The molecule has 1 atom stereocenters. The van der Waals surface area contributed by atoms with Crippen molar-refractivity contribution in [3.63, 3.8) is 0 Å². The number of nitrogens with one attached hydrogen (secondary N) is 1. The van der Waals surface area contributed by atoms with Crippen molar-refractivity contribution in [3.05, 3.63) is 40.2 Å². The molecule has 1 aliphatic rings. The summed E-state index contributed by atoms with van der Waals surface area (Å²) in [6.45, 7) is 4.03. The van der Waals surface area contributed by atoms with E-state index in [0.29, 0.717) is 5.92 Å². The molecule has 1 aromatic carbocycles. The Labute approximate surface area is 123 Å². The van der Waals surface area contributed by atoms with E-state index in [9.17, 15) is 4.79 Å². The van der Waals surface area contributed by atoms with Crippen LogP contribution in [0.25, 0.3) is 11.3 Å². The largest absolute Gasteiger partial charge is 0.349 e. The molecular formula is C16H18N2OS. The van der Waals surface area contributed by atoms with Crippen LogP contribution in [0.3, 0.4) is 0 Å². The van der Waals surface area contributed by atoms with Crippen molar-refractivity contribution < 1.29 is 4.79 Å². The van der Waals surface area contributed by atoms with Gasteiger partial charge in [0.1, 0.15) is 4.88 Å². The predicted molar refractivity (Wildman–Crippen MR) is 81.9 cm³/mol. The first-order valence-electron chi connectivity index (χ1n) is 6.99. The van der Waals surface area contributed by atoms with Crippen LogP contribution in [0.15, 0.2) is 30.3 Å². The molecule has 104 valence electrons. The van der Waals surface area contributed by atoms with Crippen LogP contribution in [0, 0.1) is 12.8 Å². The summed E-state index contributed by atoms with van der Waals surface area (Å²) in [7, 11) is 0. The summed E-state index contributed by atoms with van der Waals surface area (Å²) in [6.07, 6.45) is 2.46. The number of nitrogens with zero attached hydrogens (tertiary/aromatic N) is 1. The smallest absolute Gasteiger partial charge is 0.263 e. The highest BCUT2D eigenvalue weighted by Gasteiger charge is 2.30. The number of rotatable bonds is 4. The number of carbonyl (C=O) groups excluding carboxylic acids is 1. The van der Waals surface area contributed by atoms with E-state index in [-0.39, 0.29) is 11.9 Å². The van der Waals surface area contributed by atoms with Gasteiger partial charge >= 0.3 is 0 Å². The number of thiazole rings is 1. The predicted octanol–water partition coefficient (Wildman–Crippen LogP) is 3.65. The van der Waals surface area contributed by atoms with Gasteiger partial charge < -0.3 is 5.32 Å². The lowest BCUT2D eigenvalue weighted by Crippen LogP contribution is -2.33. The maximum absolute atomic E-state index is 12.5. The molecule has 4 heteroatoms. The molecule has 0 bridgehead atoms. The summed E-state index contributed by atoms with van der Waals surface area (Å²) in [5.74, 6) is 0.669. The molecule has 0 spiro atoms. The molecular weight excluding hydrogens is 268 g/mol. The van der Waals surface area contributed by atoms with Gasteiger partial charge in [0.05, 0.1) is 10.7 Å². The third kappa shape index (κ3) is 2.75. The van der Waals surface area contributed by atoms with Gasteiger partial charge in [0, 0.05) is 11.6 Å². The van der Waals surface area contributed by atoms with Crippen molar-refractivity contribution in [3.8, 4) is 11.3 Å². The van der Waals surface area contributed by atoms with E-state index in [1.165, 1.54) is 24.2 Å². The van der Waals surface area contributed by atoms with Crippen LogP contribution in [0.4, 0.5) is 0 Å². The van der Waals surface area contributed by atoms with E-state index >= 15 is 0 Å². The zero-order chi connectivity index (χ0) is 14.1. The van der Waals surface area contributed by atoms with E-state index in [2.05, 4.69) is 17.2 Å². The van der Waals surface area contributed by atoms with Gasteiger partial charge in [0.15, 0.2) is 0 Å². The van der Waals surface area contributed by atoms with E-state index in [4.69, 9.17) is 0 Å². The quantitative estimate of drug-likeness (QED) is 0.932. The van der Waals surface area contributed by atoms with Crippen molar-refractivity contribution in [2.75, 3.05) is 0 Å². The Kier molecular flexibility index (Phi) is 3.57. The van der Waals surface area contributed by atoms with Gasteiger partial charge in [0.25, 0.3) is 5.91 Å². The molecule has 1 amide bonds. The molecule has 3 nitrogen and oxygen atoms in total. The number of aryl methyl sites for hydroxylation is 1. The second-order valence-corrected chi connectivity index (χ2v) is 6.58. The van der Waals surface area contributed by atoms with Gasteiger partial charge in [-0.15, -0.1) is 11.3 Å². The minimum atomic E-state index is 0.00820. The third-order valence-corrected chi connectivity index (χ3v) is 4.64. The highest BCUT2D eigenvalue weighted by Crippen LogP contribution is 2.33. The number of benzene rings is 1. The zero-order valence-electron chi connectivity index (χ0n) is 11.7. The topological polar surface area (TPSA) is 42.0 Å². The van der Waals surface area contributed by atoms with Gasteiger partial charge in [-0.25, -0.2) is 4.98 Å². The van der Waals surface area contributed by atoms with Crippen molar-refractivity contribution in [2.45, 2.75) is 32.7 Å². The molecule has 1 fully saturated rings. The van der Waals surface area contributed by atoms with Gasteiger partial charge in [-0.1, -0.05) is 30.3 Å². The molecule has 2 aromatic rings. The highest BCUT2D eigenvalue weighted by atomic mass is 32.1. The lowest BCUT2D eigenvalue weighted by molar-refractivity contribution is 0.0940. The van der Waals surface area contributed by atoms with Crippen LogP contribution < -0.4 is 5.32 Å². The van der Waals surface area contributed by atoms with Gasteiger partial charge in [-0.3, -0.25) is 4.79 Å². The Hall–Kier alpha value is -1.68. The summed E-state index contributed by atoms with van der Waals surface area (Å²) in [4.78, 5) is 17.7. The van der Waals surface area contributed by atoms with Crippen LogP contribution in [-0.2, 0) is 0 Å². The number of hydrogen-bond donors (Lipinski definition) is 1. The maximum Gasteiger partial charge on any atom is 0.263 e. The van der Waals surface area contributed by atoms with Crippen LogP contribution >= 0.6 is 11.3 Å². The monoisotopic (exact) mass is 286 g/mol. The van der Waals surface area contributed by atoms with Crippen molar-refractivity contribution in [1.29, 1.82) is 0 Å². The minimum Gasteiger partial charge on any atom is -0.349 e. The number of aromatic nitrogens is 1. The fourth-order valence-electron chi connectivity index (χ4n) is 2.36. The Balaban J connectivity index is 1.87. The molecule has 0 unspecified atom stereocenters. The number of carbonyl (C=O) groups is 1.